The van der Waals surface area contributed by atoms with Crippen molar-refractivity contribution in [1.29, 1.82) is 0 Å². The Morgan fingerprint density at radius 3 is 3.00 bits per heavy atom. The summed E-state index contributed by atoms with van der Waals surface area (Å²) in [5.41, 5.74) is 0.870. The Morgan fingerprint density at radius 1 is 1.37 bits per heavy atom. The lowest BCUT2D eigenvalue weighted by Gasteiger charge is -2.21. The highest BCUT2D eigenvalue weighted by molar-refractivity contribution is 6.18. The molecule has 102 valence electrons. The molecular formula is C15H18ClNO2. The van der Waals surface area contributed by atoms with Gasteiger partial charge in [0.2, 0.25) is 0 Å². The zero-order chi connectivity index (χ0) is 13.3. The van der Waals surface area contributed by atoms with Crippen LogP contribution in [0.2, 0.25) is 0 Å². The van der Waals surface area contributed by atoms with Crippen LogP contribution in [0.3, 0.4) is 0 Å². The van der Waals surface area contributed by atoms with Gasteiger partial charge >= 0.3 is 0 Å². The van der Waals surface area contributed by atoms with Crippen LogP contribution < -0.4 is 4.74 Å². The fourth-order valence-corrected chi connectivity index (χ4v) is 2.00. The van der Waals surface area contributed by atoms with E-state index in [0.717, 1.165) is 44.0 Å². The van der Waals surface area contributed by atoms with Gasteiger partial charge in [-0.25, -0.2) is 0 Å². The highest BCUT2D eigenvalue weighted by Crippen LogP contribution is 2.17. The van der Waals surface area contributed by atoms with Crippen molar-refractivity contribution in [2.45, 2.75) is 19.3 Å². The minimum atomic E-state index is 0.556. The topological polar surface area (TPSA) is 31.4 Å². The van der Waals surface area contributed by atoms with Gasteiger partial charge in [0.15, 0.2) is 0 Å². The Morgan fingerprint density at radius 2 is 2.21 bits per heavy atom. The first kappa shape index (κ1) is 14.2. The summed E-state index contributed by atoms with van der Waals surface area (Å²) >= 11 is 5.58. The van der Waals surface area contributed by atoms with Crippen LogP contribution >= 0.6 is 11.6 Å². The molecule has 0 aliphatic carbocycles. The van der Waals surface area contributed by atoms with E-state index in [4.69, 9.17) is 21.1 Å². The monoisotopic (exact) mass is 279 g/mol. The fourth-order valence-electron chi connectivity index (χ4n) is 1.91. The van der Waals surface area contributed by atoms with E-state index in [2.05, 4.69) is 16.8 Å². The Balaban J connectivity index is 1.86. The summed E-state index contributed by atoms with van der Waals surface area (Å²) in [6.45, 7) is 2.41. The molecule has 0 amide bonds. The number of pyridine rings is 1. The molecule has 2 rings (SSSR count). The van der Waals surface area contributed by atoms with E-state index in [9.17, 15) is 0 Å². The van der Waals surface area contributed by atoms with Crippen molar-refractivity contribution < 1.29 is 9.47 Å². The van der Waals surface area contributed by atoms with Gasteiger partial charge < -0.3 is 9.47 Å². The second kappa shape index (κ2) is 8.04. The molecule has 0 unspecified atom stereocenters. The van der Waals surface area contributed by atoms with Gasteiger partial charge in [-0.15, -0.1) is 11.6 Å². The largest absolute Gasteiger partial charge is 0.492 e. The Hall–Kier alpha value is -1.24. The molecule has 0 spiro atoms. The summed E-state index contributed by atoms with van der Waals surface area (Å²) in [6.07, 6.45) is 6.30. The quantitative estimate of drug-likeness (QED) is 0.627. The van der Waals surface area contributed by atoms with Crippen LogP contribution in [0, 0.1) is 17.8 Å². The van der Waals surface area contributed by atoms with E-state index < -0.39 is 0 Å². The van der Waals surface area contributed by atoms with E-state index in [1.807, 2.05) is 6.07 Å². The summed E-state index contributed by atoms with van der Waals surface area (Å²) in [5, 5.41) is 0. The molecule has 1 fully saturated rings. The summed E-state index contributed by atoms with van der Waals surface area (Å²) in [4.78, 5) is 4.14. The fraction of sp³-hybridized carbons (Fsp3) is 0.533. The first-order chi connectivity index (χ1) is 9.38. The molecule has 0 bridgehead atoms. The van der Waals surface area contributed by atoms with Crippen molar-refractivity contribution in [2.75, 3.05) is 25.7 Å². The summed E-state index contributed by atoms with van der Waals surface area (Å²) in [6, 6.07) is 1.92. The Bertz CT molecular complexity index is 447. The minimum Gasteiger partial charge on any atom is -0.492 e. The molecule has 1 saturated heterocycles. The van der Waals surface area contributed by atoms with E-state index in [-0.39, 0.29) is 0 Å². The zero-order valence-corrected chi connectivity index (χ0v) is 11.7. The number of rotatable bonds is 4. The Kier molecular flexibility index (Phi) is 6.00. The highest BCUT2D eigenvalue weighted by Gasteiger charge is 2.14. The highest BCUT2D eigenvalue weighted by atomic mass is 35.5. The van der Waals surface area contributed by atoms with Crippen LogP contribution in [-0.4, -0.2) is 30.7 Å². The second-order valence-corrected chi connectivity index (χ2v) is 4.89. The van der Waals surface area contributed by atoms with Crippen molar-refractivity contribution in [3.63, 3.8) is 0 Å². The molecule has 1 aromatic rings. The molecule has 0 N–H and O–H groups in total. The number of aromatic nitrogens is 1. The molecule has 0 saturated carbocycles. The molecule has 4 heteroatoms. The molecule has 0 atom stereocenters. The molecule has 1 aromatic heterocycles. The number of hydrogen-bond donors (Lipinski definition) is 0. The van der Waals surface area contributed by atoms with E-state index >= 15 is 0 Å². The third-order valence-electron chi connectivity index (χ3n) is 2.99. The predicted octanol–water partition coefficient (Wildman–Crippen LogP) is 2.87. The lowest BCUT2D eigenvalue weighted by molar-refractivity contribution is 0.0497. The molecule has 1 aliphatic heterocycles. The normalized spacial score (nSPS) is 15.6. The van der Waals surface area contributed by atoms with Gasteiger partial charge in [0, 0.05) is 37.3 Å². The third kappa shape index (κ3) is 5.10. The maximum Gasteiger partial charge on any atom is 0.138 e. The van der Waals surface area contributed by atoms with Crippen molar-refractivity contribution in [1.82, 2.24) is 4.98 Å². The van der Waals surface area contributed by atoms with Crippen LogP contribution in [0.25, 0.3) is 0 Å². The van der Waals surface area contributed by atoms with Crippen molar-refractivity contribution >= 4 is 11.6 Å². The molecule has 1 aliphatic rings. The van der Waals surface area contributed by atoms with Gasteiger partial charge in [0.25, 0.3) is 0 Å². The Labute approximate surface area is 119 Å². The second-order valence-electron chi connectivity index (χ2n) is 4.52. The predicted molar refractivity (Wildman–Crippen MR) is 75.5 cm³/mol. The average Bonchev–Trinajstić information content (AvgIpc) is 2.47. The number of halogens is 1. The maximum atomic E-state index is 5.78. The van der Waals surface area contributed by atoms with E-state index in [0.29, 0.717) is 18.2 Å². The SMILES string of the molecule is ClCCC#Cc1cncc(OCC2CCOCC2)c1. The lowest BCUT2D eigenvalue weighted by Crippen LogP contribution is -2.21. The van der Waals surface area contributed by atoms with Gasteiger partial charge in [0.05, 0.1) is 12.8 Å². The van der Waals surface area contributed by atoms with Gasteiger partial charge in [-0.05, 0) is 24.8 Å². The molecule has 0 radical (unpaired) electrons. The molecule has 3 nitrogen and oxygen atoms in total. The van der Waals surface area contributed by atoms with Crippen LogP contribution in [0.1, 0.15) is 24.8 Å². The van der Waals surface area contributed by atoms with Crippen LogP contribution in [0.15, 0.2) is 18.5 Å². The van der Waals surface area contributed by atoms with Gasteiger partial charge in [0.1, 0.15) is 5.75 Å². The lowest BCUT2D eigenvalue weighted by atomic mass is 10.0. The van der Waals surface area contributed by atoms with Gasteiger partial charge in [-0.2, -0.15) is 0 Å². The molecule has 0 aromatic carbocycles. The average molecular weight is 280 g/mol. The van der Waals surface area contributed by atoms with Crippen LogP contribution in [0.5, 0.6) is 5.75 Å². The standard InChI is InChI=1S/C15H18ClNO2/c16-6-2-1-3-14-9-15(11-17-10-14)19-12-13-4-7-18-8-5-13/h9-11,13H,2,4-8,12H2. The summed E-state index contributed by atoms with van der Waals surface area (Å²) in [5.74, 6) is 7.94. The summed E-state index contributed by atoms with van der Waals surface area (Å²) in [7, 11) is 0. The van der Waals surface area contributed by atoms with Gasteiger partial charge in [-0.1, -0.05) is 11.8 Å². The summed E-state index contributed by atoms with van der Waals surface area (Å²) < 4.78 is 11.1. The van der Waals surface area contributed by atoms with Gasteiger partial charge in [-0.3, -0.25) is 4.98 Å². The van der Waals surface area contributed by atoms with Crippen LogP contribution in [-0.2, 0) is 4.74 Å². The smallest absolute Gasteiger partial charge is 0.138 e. The first-order valence-corrected chi connectivity index (χ1v) is 7.12. The van der Waals surface area contributed by atoms with Crippen molar-refractivity contribution in [2.24, 2.45) is 5.92 Å². The van der Waals surface area contributed by atoms with Crippen LogP contribution in [0.4, 0.5) is 0 Å². The number of nitrogens with zero attached hydrogens (tertiary/aromatic N) is 1. The molecule has 19 heavy (non-hydrogen) atoms. The van der Waals surface area contributed by atoms with Crippen molar-refractivity contribution in [3.05, 3.63) is 24.0 Å². The third-order valence-corrected chi connectivity index (χ3v) is 3.18. The first-order valence-electron chi connectivity index (χ1n) is 6.59. The number of ether oxygens (including phenoxy) is 2. The number of alkyl halides is 1. The van der Waals surface area contributed by atoms with E-state index in [1.54, 1.807) is 12.4 Å². The zero-order valence-electron chi connectivity index (χ0n) is 10.9. The number of hydrogen-bond acceptors (Lipinski definition) is 3. The van der Waals surface area contributed by atoms with E-state index in [1.165, 1.54) is 0 Å². The maximum absolute atomic E-state index is 5.78. The molecule has 2 heterocycles. The van der Waals surface area contributed by atoms with Crippen molar-refractivity contribution in [3.8, 4) is 17.6 Å². The molecular weight excluding hydrogens is 262 g/mol. The minimum absolute atomic E-state index is 0.556.